The number of amides is 3. The monoisotopic (exact) mass is 543 g/mol. The van der Waals surface area contributed by atoms with E-state index in [1.165, 1.54) is 12.5 Å². The Labute approximate surface area is 228 Å². The van der Waals surface area contributed by atoms with E-state index >= 15 is 0 Å². The molecule has 1 aromatic heterocycles. The van der Waals surface area contributed by atoms with Gasteiger partial charge in [-0.1, -0.05) is 50.6 Å². The Bertz CT molecular complexity index is 1050. The van der Waals surface area contributed by atoms with Gasteiger partial charge in [-0.25, -0.2) is 9.78 Å². The Morgan fingerprint density at radius 1 is 0.949 bits per heavy atom. The largest absolute Gasteiger partial charge is 0.480 e. The lowest BCUT2D eigenvalue weighted by molar-refractivity contribution is -0.142. The van der Waals surface area contributed by atoms with Crippen molar-refractivity contribution in [2.45, 2.75) is 76.5 Å². The van der Waals surface area contributed by atoms with Crippen LogP contribution >= 0.6 is 0 Å². The van der Waals surface area contributed by atoms with Gasteiger partial charge in [-0.05, 0) is 37.3 Å². The number of aliphatic carboxylic acids is 1. The van der Waals surface area contributed by atoms with Crippen LogP contribution < -0.4 is 27.4 Å². The summed E-state index contributed by atoms with van der Waals surface area (Å²) in [5, 5.41) is 17.7. The van der Waals surface area contributed by atoms with Gasteiger partial charge in [0.15, 0.2) is 0 Å². The molecule has 9 N–H and O–H groups in total. The minimum absolute atomic E-state index is 0.0807. The summed E-state index contributed by atoms with van der Waals surface area (Å²) in [4.78, 5) is 58.2. The second kappa shape index (κ2) is 16.2. The number of nitrogens with zero attached hydrogens (tertiary/aromatic N) is 1. The van der Waals surface area contributed by atoms with Crippen LogP contribution in [0.4, 0.5) is 0 Å². The number of unbranched alkanes of at least 4 members (excludes halogenated alkanes) is 1. The van der Waals surface area contributed by atoms with Crippen molar-refractivity contribution in [3.8, 4) is 0 Å². The van der Waals surface area contributed by atoms with Crippen molar-refractivity contribution >= 4 is 23.7 Å². The van der Waals surface area contributed by atoms with Crippen LogP contribution in [-0.4, -0.2) is 69.5 Å². The Morgan fingerprint density at radius 2 is 1.59 bits per heavy atom. The number of carbonyl (C=O) groups excluding carboxylic acids is 3. The molecule has 1 heterocycles. The predicted octanol–water partition coefficient (Wildman–Crippen LogP) is 0.236. The number of aromatic amines is 1. The van der Waals surface area contributed by atoms with E-state index in [-0.39, 0.29) is 25.2 Å². The number of imidazole rings is 1. The van der Waals surface area contributed by atoms with E-state index in [2.05, 4.69) is 25.9 Å². The highest BCUT2D eigenvalue weighted by Gasteiger charge is 2.31. The first-order valence-corrected chi connectivity index (χ1v) is 13.3. The Hall–Kier alpha value is -3.77. The molecule has 0 saturated carbocycles. The maximum atomic E-state index is 13.4. The number of nitrogens with two attached hydrogens (primary N) is 2. The van der Waals surface area contributed by atoms with Crippen LogP contribution in [0, 0.1) is 5.92 Å². The molecule has 0 aliphatic heterocycles. The third-order valence-corrected chi connectivity index (χ3v) is 6.65. The normalized spacial score (nSPS) is 14.9. The fourth-order valence-corrected chi connectivity index (χ4v) is 3.96. The van der Waals surface area contributed by atoms with Crippen molar-refractivity contribution in [1.82, 2.24) is 25.9 Å². The smallest absolute Gasteiger partial charge is 0.326 e. The van der Waals surface area contributed by atoms with Gasteiger partial charge in [0.05, 0.1) is 12.4 Å². The summed E-state index contributed by atoms with van der Waals surface area (Å²) in [6, 6.07) is 4.84. The zero-order chi connectivity index (χ0) is 28.8. The molecule has 12 nitrogen and oxygen atoms in total. The number of H-pyrrole nitrogens is 1. The summed E-state index contributed by atoms with van der Waals surface area (Å²) in [7, 11) is 0. The molecule has 5 atom stereocenters. The highest BCUT2D eigenvalue weighted by molar-refractivity contribution is 5.94. The summed E-state index contributed by atoms with van der Waals surface area (Å²) in [6.07, 6.45) is 5.23. The van der Waals surface area contributed by atoms with Gasteiger partial charge in [0, 0.05) is 24.7 Å². The third kappa shape index (κ3) is 10.5. The van der Waals surface area contributed by atoms with Gasteiger partial charge in [0.1, 0.15) is 18.1 Å². The summed E-state index contributed by atoms with van der Waals surface area (Å²) >= 11 is 0. The second-order valence-corrected chi connectivity index (χ2v) is 9.69. The van der Waals surface area contributed by atoms with E-state index in [0.717, 1.165) is 5.56 Å². The van der Waals surface area contributed by atoms with Gasteiger partial charge < -0.3 is 37.5 Å². The first-order chi connectivity index (χ1) is 18.7. The molecule has 39 heavy (non-hydrogen) atoms. The van der Waals surface area contributed by atoms with Crippen LogP contribution in [-0.2, 0) is 32.0 Å². The highest BCUT2D eigenvalue weighted by atomic mass is 16.4. The molecule has 0 fully saturated rings. The van der Waals surface area contributed by atoms with Crippen LogP contribution in [0.3, 0.4) is 0 Å². The lowest BCUT2D eigenvalue weighted by Gasteiger charge is -2.26. The fourth-order valence-electron chi connectivity index (χ4n) is 3.96. The molecule has 0 bridgehead atoms. The van der Waals surface area contributed by atoms with E-state index in [4.69, 9.17) is 11.5 Å². The molecule has 0 radical (unpaired) electrons. The molecule has 0 aliphatic carbocycles. The molecule has 2 aromatic rings. The quantitative estimate of drug-likeness (QED) is 0.137. The average Bonchev–Trinajstić information content (AvgIpc) is 3.44. The van der Waals surface area contributed by atoms with Crippen molar-refractivity contribution in [2.24, 2.45) is 17.4 Å². The predicted molar refractivity (Wildman–Crippen MR) is 146 cm³/mol. The maximum absolute atomic E-state index is 13.4. The molecule has 0 spiro atoms. The SMILES string of the molecule is CCC(C)C(N)C(=O)NC(Cc1cnc[nH]1)C(=O)NC(CCCCN)C(=O)NC(Cc1ccccc1)C(=O)O. The Kier molecular flexibility index (Phi) is 13.1. The lowest BCUT2D eigenvalue weighted by atomic mass is 9.98. The van der Waals surface area contributed by atoms with Gasteiger partial charge in [0.25, 0.3) is 0 Å². The third-order valence-electron chi connectivity index (χ3n) is 6.65. The minimum Gasteiger partial charge on any atom is -0.480 e. The molecule has 1 aromatic carbocycles. The van der Waals surface area contributed by atoms with Crippen molar-refractivity contribution in [3.05, 3.63) is 54.1 Å². The van der Waals surface area contributed by atoms with E-state index in [1.807, 2.05) is 19.9 Å². The number of carbonyl (C=O) groups is 4. The second-order valence-electron chi connectivity index (χ2n) is 9.69. The molecule has 0 saturated heterocycles. The first-order valence-electron chi connectivity index (χ1n) is 13.3. The van der Waals surface area contributed by atoms with Crippen LogP contribution in [0.5, 0.6) is 0 Å². The topological polar surface area (TPSA) is 205 Å². The van der Waals surface area contributed by atoms with Crippen LogP contribution in [0.2, 0.25) is 0 Å². The van der Waals surface area contributed by atoms with Crippen LogP contribution in [0.1, 0.15) is 50.8 Å². The minimum atomic E-state index is -1.19. The highest BCUT2D eigenvalue weighted by Crippen LogP contribution is 2.09. The van der Waals surface area contributed by atoms with E-state index in [1.54, 1.807) is 24.3 Å². The molecular formula is C27H41N7O5. The summed E-state index contributed by atoms with van der Waals surface area (Å²) in [5.41, 5.74) is 13.0. The number of carboxylic acid groups (broad SMARTS) is 1. The van der Waals surface area contributed by atoms with Crippen LogP contribution in [0.25, 0.3) is 0 Å². The van der Waals surface area contributed by atoms with Crippen molar-refractivity contribution in [3.63, 3.8) is 0 Å². The summed E-state index contributed by atoms with van der Waals surface area (Å²) < 4.78 is 0. The van der Waals surface area contributed by atoms with E-state index in [0.29, 0.717) is 31.5 Å². The van der Waals surface area contributed by atoms with Crippen molar-refractivity contribution < 1.29 is 24.3 Å². The molecule has 12 heteroatoms. The van der Waals surface area contributed by atoms with Gasteiger partial charge in [-0.15, -0.1) is 0 Å². The molecule has 0 aliphatic rings. The van der Waals surface area contributed by atoms with Crippen LogP contribution in [0.15, 0.2) is 42.9 Å². The van der Waals surface area contributed by atoms with Crippen molar-refractivity contribution in [1.29, 1.82) is 0 Å². The van der Waals surface area contributed by atoms with E-state index < -0.39 is 47.9 Å². The molecule has 3 amide bonds. The van der Waals surface area contributed by atoms with Gasteiger partial charge in [-0.2, -0.15) is 0 Å². The molecule has 214 valence electrons. The number of hydrogen-bond acceptors (Lipinski definition) is 7. The number of carboxylic acids is 1. The number of nitrogens with one attached hydrogen (secondary N) is 4. The van der Waals surface area contributed by atoms with Gasteiger partial charge >= 0.3 is 5.97 Å². The zero-order valence-corrected chi connectivity index (χ0v) is 22.6. The molecule has 5 unspecified atom stereocenters. The number of hydrogen-bond donors (Lipinski definition) is 7. The number of aromatic nitrogens is 2. The Morgan fingerprint density at radius 3 is 2.18 bits per heavy atom. The average molecular weight is 544 g/mol. The molecule has 2 rings (SSSR count). The zero-order valence-electron chi connectivity index (χ0n) is 22.6. The van der Waals surface area contributed by atoms with Crippen molar-refractivity contribution in [2.75, 3.05) is 6.54 Å². The Balaban J connectivity index is 2.19. The van der Waals surface area contributed by atoms with E-state index in [9.17, 15) is 24.3 Å². The standard InChI is InChI=1S/C27H41N7O5/c1-3-17(2)23(29)26(37)33-21(14-19-15-30-16-31-19)25(36)32-20(11-7-8-12-28)24(35)34-22(27(38)39)13-18-9-5-4-6-10-18/h4-6,9-10,15-17,20-23H,3,7-8,11-14,28-29H2,1-2H3,(H,30,31)(H,32,36)(H,33,37)(H,34,35)(H,38,39). The van der Waals surface area contributed by atoms with Gasteiger partial charge in [0.2, 0.25) is 17.7 Å². The maximum Gasteiger partial charge on any atom is 0.326 e. The number of benzene rings is 1. The summed E-state index contributed by atoms with van der Waals surface area (Å²) in [5.74, 6) is -3.01. The lowest BCUT2D eigenvalue weighted by Crippen LogP contribution is -2.58. The van der Waals surface area contributed by atoms with Gasteiger partial charge in [-0.3, -0.25) is 14.4 Å². The summed E-state index contributed by atoms with van der Waals surface area (Å²) in [6.45, 7) is 4.17. The fraction of sp³-hybridized carbons (Fsp3) is 0.519. The first kappa shape index (κ1) is 31.4. The number of rotatable bonds is 17. The molecular weight excluding hydrogens is 502 g/mol.